The molecule has 1 fully saturated rings. The molecule has 5 nitrogen and oxygen atoms in total. The molecular weight excluding hydrogens is 352 g/mol. The Labute approximate surface area is 163 Å². The van der Waals surface area contributed by atoms with Crippen LogP contribution in [0, 0.1) is 5.92 Å². The van der Waals surface area contributed by atoms with Gasteiger partial charge in [-0.3, -0.25) is 4.79 Å². The number of carbonyl (C=O) groups excluding carboxylic acids is 1. The first-order chi connectivity index (χ1) is 12.0. The van der Waals surface area contributed by atoms with E-state index in [4.69, 9.17) is 9.47 Å². The highest BCUT2D eigenvalue weighted by molar-refractivity contribution is 5.85. The van der Waals surface area contributed by atoms with Crippen molar-refractivity contribution in [2.45, 2.75) is 59.0 Å². The lowest BCUT2D eigenvalue weighted by molar-refractivity contribution is -0.122. The van der Waals surface area contributed by atoms with Crippen molar-refractivity contribution in [1.82, 2.24) is 10.6 Å². The van der Waals surface area contributed by atoms with Crippen LogP contribution in [-0.2, 0) is 4.79 Å². The molecule has 1 amide bonds. The molecular formula is C20H33ClN2O3. The lowest BCUT2D eigenvalue weighted by Crippen LogP contribution is -2.36. The van der Waals surface area contributed by atoms with Gasteiger partial charge in [0.1, 0.15) is 0 Å². The maximum atomic E-state index is 12.5. The average Bonchev–Trinajstić information content (AvgIpc) is 3.07. The predicted molar refractivity (Wildman–Crippen MR) is 107 cm³/mol. The molecule has 26 heavy (non-hydrogen) atoms. The van der Waals surface area contributed by atoms with Gasteiger partial charge < -0.3 is 20.1 Å². The Kier molecular flexibility index (Phi) is 9.81. The zero-order valence-electron chi connectivity index (χ0n) is 16.3. The molecule has 1 aromatic rings. The molecule has 1 aliphatic heterocycles. The van der Waals surface area contributed by atoms with Gasteiger partial charge in [-0.05, 0) is 56.8 Å². The van der Waals surface area contributed by atoms with E-state index in [1.807, 2.05) is 32.0 Å². The van der Waals surface area contributed by atoms with Crippen molar-refractivity contribution in [3.63, 3.8) is 0 Å². The third-order valence-electron chi connectivity index (χ3n) is 4.50. The predicted octanol–water partition coefficient (Wildman–Crippen LogP) is 3.86. The highest BCUT2D eigenvalue weighted by atomic mass is 35.5. The molecule has 0 aromatic heterocycles. The van der Waals surface area contributed by atoms with Gasteiger partial charge >= 0.3 is 0 Å². The number of ether oxygens (including phenoxy) is 2. The zero-order valence-corrected chi connectivity index (χ0v) is 17.2. The summed E-state index contributed by atoms with van der Waals surface area (Å²) < 4.78 is 11.4. The molecule has 6 heteroatoms. The highest BCUT2D eigenvalue weighted by Gasteiger charge is 2.23. The molecule has 0 radical (unpaired) electrons. The Balaban J connectivity index is 0.00000338. The molecule has 0 spiro atoms. The number of hydrogen-bond donors (Lipinski definition) is 2. The lowest BCUT2D eigenvalue weighted by atomic mass is 9.95. The fraction of sp³-hybridized carbons (Fsp3) is 0.650. The normalized spacial score (nSPS) is 17.5. The molecule has 2 atom stereocenters. The zero-order chi connectivity index (χ0) is 18.2. The second-order valence-electron chi connectivity index (χ2n) is 6.86. The first-order valence-electron chi connectivity index (χ1n) is 9.47. The molecule has 0 saturated carbocycles. The largest absolute Gasteiger partial charge is 0.490 e. The van der Waals surface area contributed by atoms with Crippen LogP contribution in [0.5, 0.6) is 11.5 Å². The summed E-state index contributed by atoms with van der Waals surface area (Å²) >= 11 is 0. The first kappa shape index (κ1) is 22.6. The third kappa shape index (κ3) is 6.36. The molecule has 0 bridgehead atoms. The van der Waals surface area contributed by atoms with Crippen LogP contribution in [0.25, 0.3) is 0 Å². The first-order valence-corrected chi connectivity index (χ1v) is 9.47. The van der Waals surface area contributed by atoms with Crippen LogP contribution in [0.4, 0.5) is 0 Å². The van der Waals surface area contributed by atoms with Gasteiger partial charge in [0, 0.05) is 12.5 Å². The summed E-state index contributed by atoms with van der Waals surface area (Å²) in [6, 6.07) is 6.22. The van der Waals surface area contributed by atoms with E-state index in [1.54, 1.807) is 0 Å². The van der Waals surface area contributed by atoms with E-state index in [9.17, 15) is 4.79 Å². The minimum absolute atomic E-state index is 0. The summed E-state index contributed by atoms with van der Waals surface area (Å²) in [5, 5.41) is 6.58. The Morgan fingerprint density at radius 1 is 1.23 bits per heavy atom. The second kappa shape index (κ2) is 11.3. The van der Waals surface area contributed by atoms with Gasteiger partial charge in [-0.15, -0.1) is 12.4 Å². The Morgan fingerprint density at radius 2 is 1.92 bits per heavy atom. The number of halogens is 1. The van der Waals surface area contributed by atoms with Crippen LogP contribution in [0.15, 0.2) is 18.2 Å². The molecule has 2 rings (SSSR count). The average molecular weight is 385 g/mol. The number of carbonyl (C=O) groups is 1. The third-order valence-corrected chi connectivity index (χ3v) is 4.50. The maximum Gasteiger partial charge on any atom is 0.222 e. The van der Waals surface area contributed by atoms with Crippen molar-refractivity contribution >= 4 is 18.3 Å². The van der Waals surface area contributed by atoms with E-state index >= 15 is 0 Å². The highest BCUT2D eigenvalue weighted by Crippen LogP contribution is 2.33. The summed E-state index contributed by atoms with van der Waals surface area (Å²) in [7, 11) is 0. The number of rotatable bonds is 9. The van der Waals surface area contributed by atoms with E-state index in [2.05, 4.69) is 24.5 Å². The topological polar surface area (TPSA) is 59.6 Å². The van der Waals surface area contributed by atoms with E-state index < -0.39 is 0 Å². The molecule has 1 heterocycles. The number of nitrogens with one attached hydrogen (secondary N) is 2. The number of amides is 1. The van der Waals surface area contributed by atoms with Gasteiger partial charge in [0.05, 0.1) is 19.3 Å². The summed E-state index contributed by atoms with van der Waals surface area (Å²) in [5.41, 5.74) is 1.05. The Morgan fingerprint density at radius 3 is 2.50 bits per heavy atom. The van der Waals surface area contributed by atoms with Gasteiger partial charge in [-0.1, -0.05) is 19.9 Å². The SMILES string of the molecule is CCOc1ccc(C(NC(=O)CC2CCCN2)C(C)C)cc1OCC.Cl. The van der Waals surface area contributed by atoms with Crippen LogP contribution in [0.2, 0.25) is 0 Å². The maximum absolute atomic E-state index is 12.5. The van der Waals surface area contributed by atoms with Crippen LogP contribution < -0.4 is 20.1 Å². The Bertz CT molecular complexity index is 560. The summed E-state index contributed by atoms with van der Waals surface area (Å²) in [6.07, 6.45) is 2.78. The van der Waals surface area contributed by atoms with E-state index in [0.29, 0.717) is 25.7 Å². The van der Waals surface area contributed by atoms with Crippen molar-refractivity contribution in [1.29, 1.82) is 0 Å². The van der Waals surface area contributed by atoms with Gasteiger partial charge in [-0.2, -0.15) is 0 Å². The van der Waals surface area contributed by atoms with Gasteiger partial charge in [-0.25, -0.2) is 0 Å². The molecule has 148 valence electrons. The molecule has 2 unspecified atom stereocenters. The lowest BCUT2D eigenvalue weighted by Gasteiger charge is -2.25. The fourth-order valence-corrected chi connectivity index (χ4v) is 3.28. The number of hydrogen-bond acceptors (Lipinski definition) is 4. The second-order valence-corrected chi connectivity index (χ2v) is 6.86. The molecule has 2 N–H and O–H groups in total. The smallest absolute Gasteiger partial charge is 0.222 e. The van der Waals surface area contributed by atoms with E-state index in [-0.39, 0.29) is 30.3 Å². The van der Waals surface area contributed by atoms with E-state index in [0.717, 1.165) is 36.4 Å². The summed E-state index contributed by atoms with van der Waals surface area (Å²) in [4.78, 5) is 12.5. The molecule has 1 saturated heterocycles. The van der Waals surface area contributed by atoms with Gasteiger partial charge in [0.2, 0.25) is 5.91 Å². The van der Waals surface area contributed by atoms with Gasteiger partial charge in [0.25, 0.3) is 0 Å². The van der Waals surface area contributed by atoms with Crippen LogP contribution in [0.1, 0.15) is 58.6 Å². The molecule has 1 aromatic carbocycles. The van der Waals surface area contributed by atoms with Crippen LogP contribution >= 0.6 is 12.4 Å². The van der Waals surface area contributed by atoms with E-state index in [1.165, 1.54) is 0 Å². The van der Waals surface area contributed by atoms with Crippen molar-refractivity contribution in [2.24, 2.45) is 5.92 Å². The number of benzene rings is 1. The summed E-state index contributed by atoms with van der Waals surface area (Å²) in [6.45, 7) is 10.3. The molecule has 1 aliphatic rings. The van der Waals surface area contributed by atoms with Crippen molar-refractivity contribution in [3.8, 4) is 11.5 Å². The van der Waals surface area contributed by atoms with Crippen molar-refractivity contribution in [3.05, 3.63) is 23.8 Å². The standard InChI is InChI=1S/C20H32N2O3.ClH/c1-5-24-17-10-9-15(12-18(17)25-6-2)20(14(3)4)22-19(23)13-16-8-7-11-21-16;/h9-10,12,14,16,20-21H,5-8,11,13H2,1-4H3,(H,22,23);1H. The minimum Gasteiger partial charge on any atom is -0.490 e. The quantitative estimate of drug-likeness (QED) is 0.678. The summed E-state index contributed by atoms with van der Waals surface area (Å²) in [5.74, 6) is 1.87. The van der Waals surface area contributed by atoms with Crippen molar-refractivity contribution < 1.29 is 14.3 Å². The van der Waals surface area contributed by atoms with Crippen molar-refractivity contribution in [2.75, 3.05) is 19.8 Å². The Hall–Kier alpha value is -1.46. The monoisotopic (exact) mass is 384 g/mol. The minimum atomic E-state index is -0.0382. The van der Waals surface area contributed by atoms with Gasteiger partial charge in [0.15, 0.2) is 11.5 Å². The van der Waals surface area contributed by atoms with Crippen LogP contribution in [0.3, 0.4) is 0 Å². The fourth-order valence-electron chi connectivity index (χ4n) is 3.28. The molecule has 0 aliphatic carbocycles. The van der Waals surface area contributed by atoms with Crippen LogP contribution in [-0.4, -0.2) is 31.7 Å².